The van der Waals surface area contributed by atoms with Gasteiger partial charge in [0.15, 0.2) is 0 Å². The molecule has 0 aliphatic carbocycles. The van der Waals surface area contributed by atoms with Crippen LogP contribution in [0.25, 0.3) is 16.3 Å². The van der Waals surface area contributed by atoms with Crippen LogP contribution in [0.5, 0.6) is 0 Å². The van der Waals surface area contributed by atoms with Gasteiger partial charge in [-0.05, 0) is 52.9 Å². The van der Waals surface area contributed by atoms with E-state index in [0.29, 0.717) is 23.1 Å². The molecule has 0 radical (unpaired) electrons. The molecule has 2 N–H and O–H groups in total. The SMILES string of the molecule is C=CCOC(=O)O[C@H](C)[C@H]1C(=O)N2C(C(=O)OCC=C)=C(c3cc(COC(N)=O)c4ccccc4c3)C[C@H]12. The van der Waals surface area contributed by atoms with E-state index in [1.165, 1.54) is 17.1 Å². The molecule has 2 amide bonds. The fraction of sp³-hybridized carbons (Fsp3) is 0.286. The highest BCUT2D eigenvalue weighted by atomic mass is 16.7. The lowest BCUT2D eigenvalue weighted by atomic mass is 9.82. The van der Waals surface area contributed by atoms with Crippen molar-refractivity contribution in [2.75, 3.05) is 13.2 Å². The van der Waals surface area contributed by atoms with Crippen LogP contribution in [0.3, 0.4) is 0 Å². The average Bonchev–Trinajstić information content (AvgIpc) is 3.24. The number of primary amides is 1. The summed E-state index contributed by atoms with van der Waals surface area (Å²) in [5.74, 6) is -1.71. The van der Waals surface area contributed by atoms with Crippen molar-refractivity contribution in [2.24, 2.45) is 11.7 Å². The number of hydrogen-bond donors (Lipinski definition) is 1. The van der Waals surface area contributed by atoms with Crippen LogP contribution >= 0.6 is 0 Å². The number of carbonyl (C=O) groups is 4. The van der Waals surface area contributed by atoms with Crippen LogP contribution in [0, 0.1) is 5.92 Å². The Hall–Kier alpha value is -4.60. The van der Waals surface area contributed by atoms with E-state index in [1.807, 2.05) is 30.3 Å². The molecule has 2 aromatic rings. The molecule has 2 aromatic carbocycles. The summed E-state index contributed by atoms with van der Waals surface area (Å²) in [7, 11) is 0. The highest BCUT2D eigenvalue weighted by Crippen LogP contribution is 2.48. The summed E-state index contributed by atoms with van der Waals surface area (Å²) in [6.45, 7) is 8.54. The van der Waals surface area contributed by atoms with Gasteiger partial charge in [-0.25, -0.2) is 14.4 Å². The Morgan fingerprint density at radius 1 is 1.11 bits per heavy atom. The maximum atomic E-state index is 13.2. The first-order valence-electron chi connectivity index (χ1n) is 12.0. The van der Waals surface area contributed by atoms with Crippen LogP contribution in [0.2, 0.25) is 0 Å². The molecule has 0 bridgehead atoms. The fourth-order valence-corrected chi connectivity index (χ4v) is 4.92. The van der Waals surface area contributed by atoms with E-state index >= 15 is 0 Å². The van der Waals surface area contributed by atoms with Crippen molar-refractivity contribution in [3.63, 3.8) is 0 Å². The first-order valence-corrected chi connectivity index (χ1v) is 12.0. The quantitative estimate of drug-likeness (QED) is 0.216. The van der Waals surface area contributed by atoms with Gasteiger partial charge in [-0.3, -0.25) is 4.79 Å². The van der Waals surface area contributed by atoms with Crippen molar-refractivity contribution < 1.29 is 38.1 Å². The largest absolute Gasteiger partial charge is 0.508 e. The molecule has 0 unspecified atom stereocenters. The van der Waals surface area contributed by atoms with Gasteiger partial charge in [-0.1, -0.05) is 49.6 Å². The molecule has 2 heterocycles. The number of rotatable bonds is 10. The van der Waals surface area contributed by atoms with Crippen LogP contribution < -0.4 is 5.73 Å². The molecule has 3 atom stereocenters. The molecule has 0 saturated carbocycles. The van der Waals surface area contributed by atoms with Gasteiger partial charge >= 0.3 is 18.2 Å². The van der Waals surface area contributed by atoms with Crippen molar-refractivity contribution >= 4 is 40.5 Å². The van der Waals surface area contributed by atoms with Gasteiger partial charge in [0.1, 0.15) is 31.6 Å². The van der Waals surface area contributed by atoms with Crippen molar-refractivity contribution in [3.05, 3.63) is 78.5 Å². The van der Waals surface area contributed by atoms with E-state index < -0.39 is 36.3 Å². The minimum absolute atomic E-state index is 0.0194. The number of nitrogens with zero attached hydrogens (tertiary/aromatic N) is 1. The first kappa shape index (κ1) is 26.5. The second-order valence-corrected chi connectivity index (χ2v) is 8.86. The zero-order valence-electron chi connectivity index (χ0n) is 20.9. The first-order chi connectivity index (χ1) is 18.3. The van der Waals surface area contributed by atoms with Crippen molar-refractivity contribution in [3.8, 4) is 0 Å². The molecule has 10 heteroatoms. The third-order valence-electron chi connectivity index (χ3n) is 6.51. The van der Waals surface area contributed by atoms with E-state index in [2.05, 4.69) is 13.2 Å². The summed E-state index contributed by atoms with van der Waals surface area (Å²) in [6, 6.07) is 10.8. The summed E-state index contributed by atoms with van der Waals surface area (Å²) >= 11 is 0. The third kappa shape index (κ3) is 5.10. The molecule has 2 aliphatic rings. The highest BCUT2D eigenvalue weighted by Gasteiger charge is 2.58. The number of nitrogens with two attached hydrogens (primary N) is 1. The highest BCUT2D eigenvalue weighted by molar-refractivity contribution is 6.07. The minimum atomic E-state index is -0.911. The van der Waals surface area contributed by atoms with E-state index in [0.717, 1.165) is 10.8 Å². The van der Waals surface area contributed by atoms with E-state index in [1.54, 1.807) is 13.0 Å². The van der Waals surface area contributed by atoms with Crippen LogP contribution in [-0.2, 0) is 35.1 Å². The Kier molecular flexibility index (Phi) is 7.80. The molecule has 2 aliphatic heterocycles. The van der Waals surface area contributed by atoms with Crippen LogP contribution in [-0.4, -0.2) is 54.4 Å². The lowest BCUT2D eigenvalue weighted by Crippen LogP contribution is -2.62. The van der Waals surface area contributed by atoms with Crippen molar-refractivity contribution in [2.45, 2.75) is 32.1 Å². The molecule has 1 fully saturated rings. The number of hydrogen-bond acceptors (Lipinski definition) is 8. The summed E-state index contributed by atoms with van der Waals surface area (Å²) in [5.41, 5.74) is 7.24. The van der Waals surface area contributed by atoms with Crippen LogP contribution in [0.15, 0.2) is 67.4 Å². The number of fused-ring (bicyclic) bond motifs is 2. The van der Waals surface area contributed by atoms with Gasteiger partial charge in [0, 0.05) is 0 Å². The van der Waals surface area contributed by atoms with Gasteiger partial charge in [-0.2, -0.15) is 0 Å². The summed E-state index contributed by atoms with van der Waals surface area (Å²) < 4.78 is 20.6. The van der Waals surface area contributed by atoms with Crippen LogP contribution in [0.4, 0.5) is 9.59 Å². The van der Waals surface area contributed by atoms with Crippen molar-refractivity contribution in [1.82, 2.24) is 4.90 Å². The van der Waals surface area contributed by atoms with Crippen molar-refractivity contribution in [1.29, 1.82) is 0 Å². The molecular weight excluding hydrogens is 492 g/mol. The molecule has 4 rings (SSSR count). The Labute approximate surface area is 219 Å². The minimum Gasteiger partial charge on any atom is -0.457 e. The van der Waals surface area contributed by atoms with Gasteiger partial charge < -0.3 is 29.6 Å². The van der Waals surface area contributed by atoms with Gasteiger partial charge in [0.25, 0.3) is 0 Å². The maximum absolute atomic E-state index is 13.2. The molecule has 10 nitrogen and oxygen atoms in total. The number of ether oxygens (including phenoxy) is 4. The number of amides is 2. The standard InChI is InChI=1S/C28H28N2O8/c1-4-10-35-26(32)24-21(14-22-23(25(31)30(22)24)16(3)38-28(34)36-11-5-2)18-12-17-8-6-7-9-20(17)19(13-18)15-37-27(29)33/h4-9,12-13,16,22-23H,1-2,10-11,14-15H2,3H3,(H2,29,33)/t16-,22-,23-/m1/s1. The van der Waals surface area contributed by atoms with E-state index in [4.69, 9.17) is 24.7 Å². The second kappa shape index (κ2) is 11.2. The Morgan fingerprint density at radius 3 is 2.53 bits per heavy atom. The lowest BCUT2D eigenvalue weighted by molar-refractivity contribution is -0.162. The Balaban J connectivity index is 1.71. The number of esters is 1. The lowest BCUT2D eigenvalue weighted by Gasteiger charge is -2.45. The molecule has 198 valence electrons. The zero-order valence-corrected chi connectivity index (χ0v) is 20.9. The zero-order chi connectivity index (χ0) is 27.4. The maximum Gasteiger partial charge on any atom is 0.508 e. The smallest absolute Gasteiger partial charge is 0.457 e. The summed E-state index contributed by atoms with van der Waals surface area (Å²) in [4.78, 5) is 51.0. The fourth-order valence-electron chi connectivity index (χ4n) is 4.92. The second-order valence-electron chi connectivity index (χ2n) is 8.86. The monoisotopic (exact) mass is 520 g/mol. The molecule has 1 saturated heterocycles. The van der Waals surface area contributed by atoms with Gasteiger partial charge in [-0.15, -0.1) is 0 Å². The summed E-state index contributed by atoms with van der Waals surface area (Å²) in [5, 5.41) is 1.70. The normalized spacial score (nSPS) is 18.8. The number of β-lactam (4-membered cyclic amide) rings is 1. The molecular formula is C28H28N2O8. The predicted molar refractivity (Wildman–Crippen MR) is 137 cm³/mol. The topological polar surface area (TPSA) is 134 Å². The average molecular weight is 521 g/mol. The molecule has 0 aromatic heterocycles. The third-order valence-corrected chi connectivity index (χ3v) is 6.51. The number of benzene rings is 2. The molecule has 0 spiro atoms. The Bertz CT molecular complexity index is 1350. The van der Waals surface area contributed by atoms with Crippen LogP contribution in [0.1, 0.15) is 24.5 Å². The van der Waals surface area contributed by atoms with E-state index in [-0.39, 0.29) is 31.4 Å². The number of carbonyl (C=O) groups excluding carboxylic acids is 4. The van der Waals surface area contributed by atoms with Gasteiger partial charge in [0.05, 0.1) is 12.0 Å². The molecule has 38 heavy (non-hydrogen) atoms. The predicted octanol–water partition coefficient (Wildman–Crippen LogP) is 3.83. The van der Waals surface area contributed by atoms with Gasteiger partial charge in [0.2, 0.25) is 5.91 Å². The Morgan fingerprint density at radius 2 is 1.82 bits per heavy atom. The summed E-state index contributed by atoms with van der Waals surface area (Å²) in [6.07, 6.45) is 0.551. The van der Waals surface area contributed by atoms with E-state index in [9.17, 15) is 19.2 Å².